The first-order valence-corrected chi connectivity index (χ1v) is 7.13. The van der Waals surface area contributed by atoms with Gasteiger partial charge in [0, 0.05) is 4.92 Å². The minimum atomic E-state index is -0.500. The summed E-state index contributed by atoms with van der Waals surface area (Å²) in [6.07, 6.45) is 0. The number of rotatable bonds is 1. The number of benzene rings is 2. The Morgan fingerprint density at radius 3 is 1.57 bits per heavy atom. The number of hydrogen-bond donors (Lipinski definition) is 0. The van der Waals surface area contributed by atoms with E-state index in [1.54, 1.807) is 48.5 Å². The number of imide groups is 1. The van der Waals surface area contributed by atoms with Crippen molar-refractivity contribution in [3.8, 4) is 0 Å². The number of carbonyl (C=O) groups excluding carboxylic acids is 2. The molecule has 23 heavy (non-hydrogen) atoms. The van der Waals surface area contributed by atoms with Crippen LogP contribution in [0.3, 0.4) is 0 Å². The van der Waals surface area contributed by atoms with Gasteiger partial charge in [-0.15, -0.1) is 0 Å². The smallest absolute Gasteiger partial charge is 0.266 e. The minimum Gasteiger partial charge on any atom is -0.268 e. The van der Waals surface area contributed by atoms with Crippen molar-refractivity contribution in [3.05, 3.63) is 75.8 Å². The molecule has 0 spiro atoms. The molecule has 0 unspecified atom stereocenters. The molecular weight excluding hydrogens is 296 g/mol. The third kappa shape index (κ3) is 4.23. The van der Waals surface area contributed by atoms with Gasteiger partial charge in [-0.1, -0.05) is 44.2 Å². The molecule has 0 saturated carbocycles. The van der Waals surface area contributed by atoms with E-state index in [4.69, 9.17) is 10.1 Å². The highest BCUT2D eigenvalue weighted by Gasteiger charge is 2.35. The number of fused-ring (bicyclic) bond motifs is 1. The largest absolute Gasteiger partial charge is 0.268 e. The topological polar surface area (TPSA) is 80.5 Å². The predicted octanol–water partition coefficient (Wildman–Crippen LogP) is 3.41. The minimum absolute atomic E-state index is 0.253. The monoisotopic (exact) mass is 314 g/mol. The maximum Gasteiger partial charge on any atom is 0.266 e. The maximum atomic E-state index is 12.1. The summed E-state index contributed by atoms with van der Waals surface area (Å²) in [5, 5.41) is 8.81. The molecule has 1 aliphatic heterocycles. The molecule has 0 bridgehead atoms. The Hall–Kier alpha value is -3.02. The normalized spacial score (nSPS) is 11.7. The lowest BCUT2D eigenvalue weighted by Crippen LogP contribution is -2.29. The summed E-state index contributed by atoms with van der Waals surface area (Å²) < 4.78 is 0. The average Bonchev–Trinajstić information content (AvgIpc) is 2.82. The van der Waals surface area contributed by atoms with Crippen LogP contribution < -0.4 is 4.90 Å². The van der Waals surface area contributed by atoms with Gasteiger partial charge in [-0.05, 0) is 24.3 Å². The Morgan fingerprint density at radius 1 is 0.826 bits per heavy atom. The fourth-order valence-corrected chi connectivity index (χ4v) is 2.00. The molecule has 3 rings (SSSR count). The fraction of sp³-hybridized carbons (Fsp3) is 0.176. The first-order valence-electron chi connectivity index (χ1n) is 7.13. The quantitative estimate of drug-likeness (QED) is 0.459. The second-order valence-corrected chi connectivity index (χ2v) is 4.27. The number of para-hydroxylation sites is 1. The van der Waals surface area contributed by atoms with E-state index < -0.39 is 4.92 Å². The summed E-state index contributed by atoms with van der Waals surface area (Å²) in [7, 11) is 0.889. The van der Waals surface area contributed by atoms with Crippen LogP contribution in [-0.2, 0) is 0 Å². The van der Waals surface area contributed by atoms with Crippen LogP contribution in [0.1, 0.15) is 34.6 Å². The Kier molecular flexibility index (Phi) is 6.61. The van der Waals surface area contributed by atoms with E-state index in [9.17, 15) is 9.59 Å². The van der Waals surface area contributed by atoms with Crippen molar-refractivity contribution in [2.75, 3.05) is 11.9 Å². The Labute approximate surface area is 134 Å². The van der Waals surface area contributed by atoms with E-state index in [-0.39, 0.29) is 11.8 Å². The number of nitro groups is 1. The van der Waals surface area contributed by atoms with Gasteiger partial charge in [-0.3, -0.25) is 19.7 Å². The van der Waals surface area contributed by atoms with Crippen LogP contribution in [0.15, 0.2) is 54.6 Å². The van der Waals surface area contributed by atoms with Crippen molar-refractivity contribution in [2.24, 2.45) is 0 Å². The Morgan fingerprint density at radius 2 is 1.17 bits per heavy atom. The molecule has 0 saturated heterocycles. The molecule has 6 heteroatoms. The molecule has 2 aromatic carbocycles. The van der Waals surface area contributed by atoms with Crippen molar-refractivity contribution in [2.45, 2.75) is 13.8 Å². The molecule has 6 nitrogen and oxygen atoms in total. The van der Waals surface area contributed by atoms with Crippen LogP contribution in [0.25, 0.3) is 0 Å². The van der Waals surface area contributed by atoms with E-state index in [0.29, 0.717) is 16.8 Å². The SMILES string of the molecule is CC.C[N+](=O)[O-].O=C1c2ccccc2C(=O)N1c1ccccc1. The summed E-state index contributed by atoms with van der Waals surface area (Å²) in [6.45, 7) is 4.00. The van der Waals surface area contributed by atoms with Crippen molar-refractivity contribution >= 4 is 17.5 Å². The van der Waals surface area contributed by atoms with E-state index in [1.807, 2.05) is 19.9 Å². The van der Waals surface area contributed by atoms with Crippen molar-refractivity contribution in [1.29, 1.82) is 0 Å². The van der Waals surface area contributed by atoms with Gasteiger partial charge in [0.05, 0.1) is 16.8 Å². The molecule has 0 N–H and O–H groups in total. The van der Waals surface area contributed by atoms with Gasteiger partial charge in [0.2, 0.25) is 0 Å². The molecule has 1 heterocycles. The molecule has 120 valence electrons. The summed E-state index contributed by atoms with van der Waals surface area (Å²) in [5.41, 5.74) is 1.56. The van der Waals surface area contributed by atoms with E-state index in [0.717, 1.165) is 7.05 Å². The lowest BCUT2D eigenvalue weighted by Gasteiger charge is -2.13. The molecule has 2 aromatic rings. The molecule has 2 amide bonds. The molecule has 0 atom stereocenters. The van der Waals surface area contributed by atoms with E-state index in [1.165, 1.54) is 4.90 Å². The van der Waals surface area contributed by atoms with E-state index >= 15 is 0 Å². The number of nitrogens with zero attached hydrogens (tertiary/aromatic N) is 2. The Bertz CT molecular complexity index is 660. The molecule has 0 fully saturated rings. The fourth-order valence-electron chi connectivity index (χ4n) is 2.00. The van der Waals surface area contributed by atoms with Gasteiger partial charge in [0.25, 0.3) is 11.8 Å². The van der Waals surface area contributed by atoms with Gasteiger partial charge in [-0.25, -0.2) is 4.90 Å². The highest BCUT2D eigenvalue weighted by molar-refractivity contribution is 6.34. The first kappa shape index (κ1) is 18.0. The summed E-state index contributed by atoms with van der Waals surface area (Å²) in [4.78, 5) is 33.7. The second-order valence-electron chi connectivity index (χ2n) is 4.27. The molecule has 0 aromatic heterocycles. The van der Waals surface area contributed by atoms with Crippen LogP contribution in [0.2, 0.25) is 0 Å². The van der Waals surface area contributed by atoms with Gasteiger partial charge < -0.3 is 0 Å². The Balaban J connectivity index is 0.000000388. The van der Waals surface area contributed by atoms with Gasteiger partial charge >= 0.3 is 0 Å². The van der Waals surface area contributed by atoms with Crippen molar-refractivity contribution < 1.29 is 14.5 Å². The third-order valence-corrected chi connectivity index (χ3v) is 2.81. The highest BCUT2D eigenvalue weighted by atomic mass is 16.6. The highest BCUT2D eigenvalue weighted by Crippen LogP contribution is 2.27. The van der Waals surface area contributed by atoms with Crippen LogP contribution in [-0.4, -0.2) is 23.8 Å². The molecule has 0 radical (unpaired) electrons. The second kappa shape index (κ2) is 8.43. The number of carbonyl (C=O) groups is 2. The average molecular weight is 314 g/mol. The van der Waals surface area contributed by atoms with Crippen LogP contribution >= 0.6 is 0 Å². The zero-order chi connectivity index (χ0) is 17.4. The standard InChI is InChI=1S/C14H9NO2.C2H6.CH3NO2/c16-13-11-8-4-5-9-12(11)14(17)15(13)10-6-2-1-3-7-10;1-2;1-2(3)4/h1-9H;1-2H3;1H3. The van der Waals surface area contributed by atoms with Crippen molar-refractivity contribution in [1.82, 2.24) is 0 Å². The first-order chi connectivity index (χ1) is 11.0. The zero-order valence-electron chi connectivity index (χ0n) is 13.2. The van der Waals surface area contributed by atoms with Gasteiger partial charge in [0.1, 0.15) is 0 Å². The van der Waals surface area contributed by atoms with Crippen LogP contribution in [0, 0.1) is 10.1 Å². The van der Waals surface area contributed by atoms with Crippen molar-refractivity contribution in [3.63, 3.8) is 0 Å². The predicted molar refractivity (Wildman–Crippen MR) is 88.3 cm³/mol. The molecular formula is C17H18N2O4. The third-order valence-electron chi connectivity index (χ3n) is 2.81. The van der Waals surface area contributed by atoms with Gasteiger partial charge in [0.15, 0.2) is 7.05 Å². The van der Waals surface area contributed by atoms with Crippen LogP contribution in [0.5, 0.6) is 0 Å². The molecule has 1 aliphatic rings. The van der Waals surface area contributed by atoms with E-state index in [2.05, 4.69) is 0 Å². The van der Waals surface area contributed by atoms with Crippen LogP contribution in [0.4, 0.5) is 5.69 Å². The van der Waals surface area contributed by atoms with Gasteiger partial charge in [-0.2, -0.15) is 0 Å². The number of amides is 2. The molecule has 0 aliphatic carbocycles. The number of hydrogen-bond acceptors (Lipinski definition) is 4. The zero-order valence-corrected chi connectivity index (χ0v) is 13.2. The lowest BCUT2D eigenvalue weighted by atomic mass is 10.1. The summed E-state index contributed by atoms with van der Waals surface area (Å²) >= 11 is 0. The number of anilines is 1. The lowest BCUT2D eigenvalue weighted by molar-refractivity contribution is -0.445. The maximum absolute atomic E-state index is 12.1. The summed E-state index contributed by atoms with van der Waals surface area (Å²) in [6, 6.07) is 15.8. The summed E-state index contributed by atoms with van der Waals surface area (Å²) in [5.74, 6) is -0.506.